The van der Waals surface area contributed by atoms with Gasteiger partial charge in [-0.25, -0.2) is 8.42 Å². The highest BCUT2D eigenvalue weighted by Gasteiger charge is 2.25. The molecule has 1 N–H and O–H groups in total. The Hall–Kier alpha value is -0.920. The van der Waals surface area contributed by atoms with Crippen LogP contribution in [0.5, 0.6) is 0 Å². The second-order valence-electron chi connectivity index (χ2n) is 4.50. The van der Waals surface area contributed by atoms with Crippen LogP contribution in [0.3, 0.4) is 0 Å². The van der Waals surface area contributed by atoms with Crippen LogP contribution in [0.15, 0.2) is 12.7 Å². The Labute approximate surface area is 114 Å². The lowest BCUT2D eigenvalue weighted by Crippen LogP contribution is -2.42. The van der Waals surface area contributed by atoms with Crippen LogP contribution in [-0.2, 0) is 24.3 Å². The summed E-state index contributed by atoms with van der Waals surface area (Å²) in [6.45, 7) is 5.72. The average molecular weight is 291 g/mol. The first-order valence-corrected chi connectivity index (χ1v) is 7.98. The van der Waals surface area contributed by atoms with Gasteiger partial charge in [-0.1, -0.05) is 6.08 Å². The Morgan fingerprint density at radius 2 is 2.32 bits per heavy atom. The van der Waals surface area contributed by atoms with Gasteiger partial charge >= 0.3 is 0 Å². The molecule has 6 nitrogen and oxygen atoms in total. The van der Waals surface area contributed by atoms with Crippen molar-refractivity contribution >= 4 is 15.9 Å². The fourth-order valence-corrected chi connectivity index (χ4v) is 3.06. The molecule has 0 bridgehead atoms. The zero-order valence-electron chi connectivity index (χ0n) is 11.1. The minimum Gasteiger partial charge on any atom is -0.377 e. The third-order valence-corrected chi connectivity index (χ3v) is 4.09. The SMILES string of the molecule is C=CCO[C@H](C)C(=O)NS(=O)(=O)C[C@H]1CCCCO1. The Kier molecular flexibility index (Phi) is 6.47. The van der Waals surface area contributed by atoms with Gasteiger partial charge in [0.25, 0.3) is 5.91 Å². The fraction of sp³-hybridized carbons (Fsp3) is 0.750. The van der Waals surface area contributed by atoms with E-state index in [9.17, 15) is 13.2 Å². The largest absolute Gasteiger partial charge is 0.377 e. The van der Waals surface area contributed by atoms with E-state index >= 15 is 0 Å². The number of ether oxygens (including phenoxy) is 2. The van der Waals surface area contributed by atoms with Crippen molar-refractivity contribution in [2.45, 2.75) is 38.4 Å². The lowest BCUT2D eigenvalue weighted by molar-refractivity contribution is -0.129. The molecule has 110 valence electrons. The zero-order chi connectivity index (χ0) is 14.3. The smallest absolute Gasteiger partial charge is 0.262 e. The van der Waals surface area contributed by atoms with E-state index in [0.717, 1.165) is 12.8 Å². The molecule has 2 atom stereocenters. The van der Waals surface area contributed by atoms with E-state index in [1.807, 2.05) is 4.72 Å². The monoisotopic (exact) mass is 291 g/mol. The van der Waals surface area contributed by atoms with Crippen molar-refractivity contribution < 1.29 is 22.7 Å². The molecule has 7 heteroatoms. The van der Waals surface area contributed by atoms with Gasteiger partial charge in [0.2, 0.25) is 10.0 Å². The number of sulfonamides is 1. The maximum absolute atomic E-state index is 11.8. The topological polar surface area (TPSA) is 81.7 Å². The summed E-state index contributed by atoms with van der Waals surface area (Å²) in [7, 11) is -3.68. The molecule has 0 spiro atoms. The molecule has 1 rings (SSSR count). The van der Waals surface area contributed by atoms with Gasteiger partial charge in [0.15, 0.2) is 0 Å². The first-order valence-electron chi connectivity index (χ1n) is 6.33. The van der Waals surface area contributed by atoms with E-state index < -0.39 is 22.0 Å². The zero-order valence-corrected chi connectivity index (χ0v) is 11.9. The predicted octanol–water partition coefficient (Wildman–Crippen LogP) is 0.593. The van der Waals surface area contributed by atoms with E-state index in [-0.39, 0.29) is 18.5 Å². The van der Waals surface area contributed by atoms with E-state index in [2.05, 4.69) is 6.58 Å². The minimum absolute atomic E-state index is 0.188. The van der Waals surface area contributed by atoms with Crippen LogP contribution in [-0.4, -0.2) is 45.5 Å². The van der Waals surface area contributed by atoms with Crippen molar-refractivity contribution in [2.75, 3.05) is 19.0 Å². The van der Waals surface area contributed by atoms with E-state index in [0.29, 0.717) is 13.0 Å². The molecule has 0 aromatic rings. The normalized spacial score (nSPS) is 21.6. The number of nitrogens with one attached hydrogen (secondary N) is 1. The van der Waals surface area contributed by atoms with Gasteiger partial charge in [0.1, 0.15) is 6.10 Å². The molecule has 0 aliphatic carbocycles. The van der Waals surface area contributed by atoms with Crippen LogP contribution < -0.4 is 4.72 Å². The maximum atomic E-state index is 11.8. The molecule has 19 heavy (non-hydrogen) atoms. The van der Waals surface area contributed by atoms with E-state index in [1.54, 1.807) is 0 Å². The summed E-state index contributed by atoms with van der Waals surface area (Å²) >= 11 is 0. The van der Waals surface area contributed by atoms with Crippen molar-refractivity contribution in [1.82, 2.24) is 4.72 Å². The molecule has 0 unspecified atom stereocenters. The van der Waals surface area contributed by atoms with Crippen molar-refractivity contribution in [2.24, 2.45) is 0 Å². The summed E-state index contributed by atoms with van der Waals surface area (Å²) in [6, 6.07) is 0. The lowest BCUT2D eigenvalue weighted by atomic mass is 10.1. The molecule has 1 fully saturated rings. The van der Waals surface area contributed by atoms with Crippen LogP contribution in [0.1, 0.15) is 26.2 Å². The molecule has 1 aliphatic rings. The van der Waals surface area contributed by atoms with Gasteiger partial charge in [-0.05, 0) is 26.2 Å². The quantitative estimate of drug-likeness (QED) is 0.694. The average Bonchev–Trinajstić information content (AvgIpc) is 2.35. The van der Waals surface area contributed by atoms with Crippen LogP contribution in [0.25, 0.3) is 0 Å². The molecule has 0 aromatic heterocycles. The van der Waals surface area contributed by atoms with Crippen LogP contribution in [0.4, 0.5) is 0 Å². The Bertz CT molecular complexity index is 400. The fourth-order valence-electron chi connectivity index (χ4n) is 1.75. The number of hydrogen-bond acceptors (Lipinski definition) is 5. The second kappa shape index (κ2) is 7.62. The number of rotatable bonds is 7. The van der Waals surface area contributed by atoms with Crippen molar-refractivity contribution in [1.29, 1.82) is 0 Å². The highest BCUT2D eigenvalue weighted by atomic mass is 32.2. The summed E-state index contributed by atoms with van der Waals surface area (Å²) < 4.78 is 36.0. The van der Waals surface area contributed by atoms with Crippen LogP contribution in [0.2, 0.25) is 0 Å². The number of carbonyl (C=O) groups excluding carboxylic acids is 1. The van der Waals surface area contributed by atoms with Crippen LogP contribution in [0, 0.1) is 0 Å². The van der Waals surface area contributed by atoms with E-state index in [1.165, 1.54) is 13.0 Å². The minimum atomic E-state index is -3.68. The third-order valence-electron chi connectivity index (χ3n) is 2.77. The molecular weight excluding hydrogens is 270 g/mol. The lowest BCUT2D eigenvalue weighted by Gasteiger charge is -2.22. The van der Waals surface area contributed by atoms with Gasteiger partial charge < -0.3 is 9.47 Å². The van der Waals surface area contributed by atoms with Crippen molar-refractivity contribution in [3.05, 3.63) is 12.7 Å². The van der Waals surface area contributed by atoms with Crippen molar-refractivity contribution in [3.8, 4) is 0 Å². The highest BCUT2D eigenvalue weighted by molar-refractivity contribution is 7.90. The summed E-state index contributed by atoms with van der Waals surface area (Å²) in [6.07, 6.45) is 2.94. The molecular formula is C12H21NO5S. The molecule has 1 aliphatic heterocycles. The molecule has 0 radical (unpaired) electrons. The first-order chi connectivity index (χ1) is 8.94. The number of hydrogen-bond donors (Lipinski definition) is 1. The predicted molar refractivity (Wildman–Crippen MR) is 71.1 cm³/mol. The summed E-state index contributed by atoms with van der Waals surface area (Å²) in [5.74, 6) is -0.856. The number of amides is 1. The molecule has 0 saturated carbocycles. The second-order valence-corrected chi connectivity index (χ2v) is 6.27. The van der Waals surface area contributed by atoms with Gasteiger partial charge in [-0.3, -0.25) is 9.52 Å². The molecule has 1 heterocycles. The summed E-state index contributed by atoms with van der Waals surface area (Å²) in [5.41, 5.74) is 0. The van der Waals surface area contributed by atoms with Gasteiger partial charge in [-0.2, -0.15) is 0 Å². The van der Waals surface area contributed by atoms with Crippen molar-refractivity contribution in [3.63, 3.8) is 0 Å². The first kappa shape index (κ1) is 16.1. The van der Waals surface area contributed by atoms with Gasteiger partial charge in [0.05, 0.1) is 18.5 Å². The molecule has 1 amide bonds. The van der Waals surface area contributed by atoms with Gasteiger partial charge in [0, 0.05) is 6.61 Å². The maximum Gasteiger partial charge on any atom is 0.262 e. The summed E-state index contributed by atoms with van der Waals surface area (Å²) in [4.78, 5) is 11.6. The Morgan fingerprint density at radius 3 is 2.89 bits per heavy atom. The third kappa shape index (κ3) is 6.17. The Balaban J connectivity index is 2.44. The summed E-state index contributed by atoms with van der Waals surface area (Å²) in [5, 5.41) is 0. The molecule has 0 aromatic carbocycles. The Morgan fingerprint density at radius 1 is 1.58 bits per heavy atom. The number of carbonyl (C=O) groups is 1. The van der Waals surface area contributed by atoms with Gasteiger partial charge in [-0.15, -0.1) is 6.58 Å². The van der Waals surface area contributed by atoms with Crippen LogP contribution >= 0.6 is 0 Å². The standard InChI is InChI=1S/C12H21NO5S/c1-3-7-17-10(2)12(14)13-19(15,16)9-11-6-4-5-8-18-11/h3,10-11H,1,4-9H2,2H3,(H,13,14)/t10-,11-/m1/s1. The highest BCUT2D eigenvalue weighted by Crippen LogP contribution is 2.14. The van der Waals surface area contributed by atoms with E-state index in [4.69, 9.17) is 9.47 Å². The molecule has 1 saturated heterocycles.